The van der Waals surface area contributed by atoms with Crippen molar-refractivity contribution in [1.82, 2.24) is 5.43 Å². The Morgan fingerprint density at radius 1 is 1.36 bits per heavy atom. The Hall–Kier alpha value is -1.57. The van der Waals surface area contributed by atoms with Gasteiger partial charge in [0.15, 0.2) is 5.13 Å². The number of halogens is 1. The van der Waals surface area contributed by atoms with E-state index in [-0.39, 0.29) is 5.13 Å². The van der Waals surface area contributed by atoms with Gasteiger partial charge in [-0.05, 0) is 42.5 Å². The van der Waals surface area contributed by atoms with Crippen molar-refractivity contribution in [2.75, 3.05) is 5.32 Å². The molecule has 1 aliphatic carbocycles. The summed E-state index contributed by atoms with van der Waals surface area (Å²) in [6.07, 6.45) is 2.35. The number of nitrogens with two attached hydrogens (primary N) is 1. The molecule has 2 amide bonds. The molecule has 0 unspecified atom stereocenters. The summed E-state index contributed by atoms with van der Waals surface area (Å²) in [5.74, 6) is 6.38. The van der Waals surface area contributed by atoms with E-state index in [2.05, 4.69) is 16.8 Å². The minimum absolute atomic E-state index is 0.174. The average molecular weight is 337 g/mol. The fourth-order valence-electron chi connectivity index (χ4n) is 2.26. The number of hydrazine groups is 1. The number of hydrogen-bond donors (Lipinski definition) is 3. The van der Waals surface area contributed by atoms with E-state index < -0.39 is 6.03 Å². The molecule has 3 rings (SSSR count). The molecule has 0 bridgehead atoms. The van der Waals surface area contributed by atoms with Crippen molar-refractivity contribution in [3.05, 3.63) is 45.9 Å². The zero-order chi connectivity index (χ0) is 15.5. The number of nitrogens with one attached hydrogen (secondary N) is 2. The second-order valence-electron chi connectivity index (χ2n) is 5.09. The monoisotopic (exact) mass is 337 g/mol. The first kappa shape index (κ1) is 15.3. The highest BCUT2D eigenvalue weighted by atomic mass is 32.2. The largest absolute Gasteiger partial charge is 0.333 e. The molecule has 0 aliphatic heterocycles. The molecule has 1 heterocycles. The van der Waals surface area contributed by atoms with Crippen molar-refractivity contribution >= 4 is 34.8 Å². The molecule has 7 heteroatoms. The summed E-state index contributed by atoms with van der Waals surface area (Å²) in [5, 5.41) is 2.58. The molecule has 4 nitrogen and oxygen atoms in total. The minimum atomic E-state index is -0.447. The van der Waals surface area contributed by atoms with Gasteiger partial charge in [0, 0.05) is 15.5 Å². The third kappa shape index (κ3) is 3.60. The molecule has 1 aromatic carbocycles. The van der Waals surface area contributed by atoms with Crippen LogP contribution in [-0.2, 0) is 5.75 Å². The summed E-state index contributed by atoms with van der Waals surface area (Å²) in [6, 6.07) is 8.73. The van der Waals surface area contributed by atoms with Gasteiger partial charge in [0.05, 0.1) is 5.69 Å². The van der Waals surface area contributed by atoms with Gasteiger partial charge in [0.1, 0.15) is 0 Å². The number of urea groups is 1. The normalized spacial score (nSPS) is 13.9. The predicted octanol–water partition coefficient (Wildman–Crippen LogP) is 4.05. The van der Waals surface area contributed by atoms with E-state index in [0.29, 0.717) is 11.7 Å². The molecular weight excluding hydrogens is 321 g/mol. The lowest BCUT2D eigenvalue weighted by Gasteiger charge is -2.14. The van der Waals surface area contributed by atoms with Gasteiger partial charge in [-0.25, -0.2) is 10.6 Å². The molecular formula is C15H16FN3OS2. The van der Waals surface area contributed by atoms with E-state index in [1.165, 1.54) is 24.5 Å². The lowest BCUT2D eigenvalue weighted by Crippen LogP contribution is -2.34. The quantitative estimate of drug-likeness (QED) is 0.334. The molecule has 1 fully saturated rings. The number of benzene rings is 1. The summed E-state index contributed by atoms with van der Waals surface area (Å²) in [6.45, 7) is 0. The molecule has 0 spiro atoms. The lowest BCUT2D eigenvalue weighted by molar-refractivity contribution is 0.252. The van der Waals surface area contributed by atoms with Gasteiger partial charge in [0.25, 0.3) is 0 Å². The lowest BCUT2D eigenvalue weighted by atomic mass is 10.1. The Bertz CT molecular complexity index is 685. The second-order valence-corrected chi connectivity index (χ2v) is 7.20. The van der Waals surface area contributed by atoms with Gasteiger partial charge >= 0.3 is 6.03 Å². The molecule has 116 valence electrons. The SMILES string of the molecule is NNC(=O)Nc1cccc(C2CC2)c1SCc1ccc(F)s1. The standard InChI is InChI=1S/C15H16FN3OS2/c16-13-7-6-10(22-13)8-21-14-11(9-4-5-9)2-1-3-12(14)18-15(20)19-17/h1-3,6-7,9H,4-5,8,17H2,(H2,18,19,20). The first-order valence-corrected chi connectivity index (χ1v) is 8.75. The number of hydrogen-bond acceptors (Lipinski definition) is 4. The minimum Gasteiger partial charge on any atom is -0.306 e. The van der Waals surface area contributed by atoms with E-state index in [0.717, 1.165) is 26.8 Å². The summed E-state index contributed by atoms with van der Waals surface area (Å²) in [4.78, 5) is 13.5. The Kier molecular flexibility index (Phi) is 4.66. The fraction of sp³-hybridized carbons (Fsp3) is 0.267. The van der Waals surface area contributed by atoms with Crippen molar-refractivity contribution < 1.29 is 9.18 Å². The number of carbonyl (C=O) groups excluding carboxylic acids is 1. The maximum Gasteiger partial charge on any atom is 0.333 e. The average Bonchev–Trinajstić information content (AvgIpc) is 3.28. The molecule has 2 aromatic rings. The molecule has 0 atom stereocenters. The molecule has 0 radical (unpaired) electrons. The van der Waals surface area contributed by atoms with Crippen LogP contribution in [0.25, 0.3) is 0 Å². The number of amides is 2. The highest BCUT2D eigenvalue weighted by molar-refractivity contribution is 7.98. The van der Waals surface area contributed by atoms with Gasteiger partial charge < -0.3 is 5.32 Å². The van der Waals surface area contributed by atoms with Crippen LogP contribution in [0.15, 0.2) is 35.2 Å². The number of thioether (sulfide) groups is 1. The zero-order valence-electron chi connectivity index (χ0n) is 11.8. The highest BCUT2D eigenvalue weighted by Gasteiger charge is 2.27. The van der Waals surface area contributed by atoms with Crippen LogP contribution in [0.1, 0.15) is 29.2 Å². The van der Waals surface area contributed by atoms with E-state index >= 15 is 0 Å². The Morgan fingerprint density at radius 3 is 2.82 bits per heavy atom. The van der Waals surface area contributed by atoms with Crippen LogP contribution in [0, 0.1) is 5.13 Å². The van der Waals surface area contributed by atoms with E-state index in [9.17, 15) is 9.18 Å². The number of rotatable bonds is 5. The number of carbonyl (C=O) groups is 1. The first-order chi connectivity index (χ1) is 10.7. The first-order valence-electron chi connectivity index (χ1n) is 6.95. The Labute approximate surface area is 136 Å². The second kappa shape index (κ2) is 6.68. The van der Waals surface area contributed by atoms with Crippen LogP contribution in [0.3, 0.4) is 0 Å². The summed E-state index contributed by atoms with van der Waals surface area (Å²) < 4.78 is 13.1. The summed E-state index contributed by atoms with van der Waals surface area (Å²) in [5.41, 5.74) is 4.07. The van der Waals surface area contributed by atoms with E-state index in [1.807, 2.05) is 12.1 Å². The number of anilines is 1. The highest BCUT2D eigenvalue weighted by Crippen LogP contribution is 2.47. The molecule has 4 N–H and O–H groups in total. The van der Waals surface area contributed by atoms with Crippen molar-refractivity contribution in [2.24, 2.45) is 5.84 Å². The van der Waals surface area contributed by atoms with Crippen molar-refractivity contribution in [3.8, 4) is 0 Å². The van der Waals surface area contributed by atoms with Crippen LogP contribution in [0.4, 0.5) is 14.9 Å². The summed E-state index contributed by atoms with van der Waals surface area (Å²) >= 11 is 2.78. The van der Waals surface area contributed by atoms with Gasteiger partial charge in [0.2, 0.25) is 0 Å². The smallest absolute Gasteiger partial charge is 0.306 e. The van der Waals surface area contributed by atoms with E-state index in [4.69, 9.17) is 5.84 Å². The molecule has 1 aromatic heterocycles. The van der Waals surface area contributed by atoms with E-state index in [1.54, 1.807) is 17.8 Å². The number of thiophene rings is 1. The van der Waals surface area contributed by atoms with Crippen LogP contribution >= 0.6 is 23.1 Å². The van der Waals surface area contributed by atoms with Gasteiger partial charge in [-0.1, -0.05) is 12.1 Å². The third-order valence-electron chi connectivity index (χ3n) is 3.43. The van der Waals surface area contributed by atoms with Gasteiger partial charge in [-0.2, -0.15) is 4.39 Å². The molecule has 0 saturated heterocycles. The fourth-order valence-corrected chi connectivity index (χ4v) is 4.26. The topological polar surface area (TPSA) is 67.1 Å². The van der Waals surface area contributed by atoms with Crippen LogP contribution < -0.4 is 16.6 Å². The molecule has 1 saturated carbocycles. The Balaban J connectivity index is 1.83. The third-order valence-corrected chi connectivity index (χ3v) is 5.69. The predicted molar refractivity (Wildman–Crippen MR) is 88.6 cm³/mol. The maximum atomic E-state index is 13.1. The van der Waals surface area contributed by atoms with Crippen molar-refractivity contribution in [3.63, 3.8) is 0 Å². The zero-order valence-corrected chi connectivity index (χ0v) is 13.4. The maximum absolute atomic E-state index is 13.1. The van der Waals surface area contributed by atoms with Crippen LogP contribution in [-0.4, -0.2) is 6.03 Å². The van der Waals surface area contributed by atoms with Crippen LogP contribution in [0.2, 0.25) is 0 Å². The van der Waals surface area contributed by atoms with Gasteiger partial charge in [-0.15, -0.1) is 23.1 Å². The van der Waals surface area contributed by atoms with Gasteiger partial charge in [-0.3, -0.25) is 5.43 Å². The van der Waals surface area contributed by atoms with Crippen molar-refractivity contribution in [2.45, 2.75) is 29.4 Å². The molecule has 22 heavy (non-hydrogen) atoms. The molecule has 1 aliphatic rings. The summed E-state index contributed by atoms with van der Waals surface area (Å²) in [7, 11) is 0. The van der Waals surface area contributed by atoms with Crippen molar-refractivity contribution in [1.29, 1.82) is 0 Å². The van der Waals surface area contributed by atoms with Crippen LogP contribution in [0.5, 0.6) is 0 Å². The Morgan fingerprint density at radius 2 is 2.18 bits per heavy atom.